The van der Waals surface area contributed by atoms with E-state index in [1.54, 1.807) is 12.2 Å². The van der Waals surface area contributed by atoms with E-state index in [4.69, 9.17) is 10.8 Å². The second-order valence-electron chi connectivity index (χ2n) is 3.26. The lowest BCUT2D eigenvalue weighted by Crippen LogP contribution is -2.08. The summed E-state index contributed by atoms with van der Waals surface area (Å²) < 4.78 is 37.1. The van der Waals surface area contributed by atoms with Crippen molar-refractivity contribution in [2.75, 3.05) is 12.3 Å². The predicted octanol–water partition coefficient (Wildman–Crippen LogP) is 2.68. The van der Waals surface area contributed by atoms with Crippen molar-refractivity contribution >= 4 is 11.8 Å². The molecule has 0 aliphatic rings. The molecule has 0 aliphatic heterocycles. The summed E-state index contributed by atoms with van der Waals surface area (Å²) in [6, 6.07) is 3.55. The first-order valence-corrected chi connectivity index (χ1v) is 4.69. The molecule has 0 heterocycles. The predicted molar refractivity (Wildman–Crippen MR) is 56.6 cm³/mol. The largest absolute Gasteiger partial charge is 0.418 e. The number of nitrogens with two attached hydrogens (primary N) is 1. The highest BCUT2D eigenvalue weighted by molar-refractivity contribution is 5.59. The zero-order valence-corrected chi connectivity index (χ0v) is 8.46. The van der Waals surface area contributed by atoms with Crippen molar-refractivity contribution in [3.05, 3.63) is 35.4 Å². The zero-order chi connectivity index (χ0) is 12.2. The van der Waals surface area contributed by atoms with Crippen molar-refractivity contribution in [3.63, 3.8) is 0 Å². The number of hydrogen-bond acceptors (Lipinski definition) is 2. The van der Waals surface area contributed by atoms with Crippen molar-refractivity contribution in [2.24, 2.45) is 0 Å². The van der Waals surface area contributed by atoms with Crippen molar-refractivity contribution < 1.29 is 18.3 Å². The molecule has 0 bridgehead atoms. The molecule has 5 heteroatoms. The van der Waals surface area contributed by atoms with Crippen LogP contribution in [-0.2, 0) is 6.18 Å². The van der Waals surface area contributed by atoms with Gasteiger partial charge in [0.25, 0.3) is 0 Å². The maximum atomic E-state index is 12.4. The number of alkyl halides is 3. The average Bonchev–Trinajstić information content (AvgIpc) is 2.16. The van der Waals surface area contributed by atoms with Crippen molar-refractivity contribution in [1.82, 2.24) is 0 Å². The lowest BCUT2D eigenvalue weighted by atomic mass is 10.1. The number of anilines is 1. The summed E-state index contributed by atoms with van der Waals surface area (Å²) in [6.45, 7) is 0.00656. The van der Waals surface area contributed by atoms with Crippen LogP contribution in [0, 0.1) is 0 Å². The standard InChI is InChI=1S/C11H12F3NO/c12-11(13,14)9-5-4-8(7-10(9)15)3-1-2-6-16/h1,3-5,7,16H,2,6,15H2. The fourth-order valence-electron chi connectivity index (χ4n) is 1.24. The molecule has 2 nitrogen and oxygen atoms in total. The van der Waals surface area contributed by atoms with Crippen molar-refractivity contribution in [2.45, 2.75) is 12.6 Å². The topological polar surface area (TPSA) is 46.2 Å². The zero-order valence-electron chi connectivity index (χ0n) is 8.46. The lowest BCUT2D eigenvalue weighted by Gasteiger charge is -2.09. The van der Waals surface area contributed by atoms with Crippen LogP contribution in [-0.4, -0.2) is 11.7 Å². The van der Waals surface area contributed by atoms with Crippen LogP contribution in [0.2, 0.25) is 0 Å². The third-order valence-electron chi connectivity index (χ3n) is 1.99. The van der Waals surface area contributed by atoms with Gasteiger partial charge in [0.05, 0.1) is 5.56 Å². The van der Waals surface area contributed by atoms with E-state index < -0.39 is 11.7 Å². The van der Waals surface area contributed by atoms with Gasteiger partial charge in [0, 0.05) is 12.3 Å². The molecule has 0 spiro atoms. The molecule has 0 radical (unpaired) electrons. The van der Waals surface area contributed by atoms with Gasteiger partial charge in [0.2, 0.25) is 0 Å². The van der Waals surface area contributed by atoms with Gasteiger partial charge in [-0.15, -0.1) is 0 Å². The molecule has 0 amide bonds. The summed E-state index contributed by atoms with van der Waals surface area (Å²) in [7, 11) is 0. The van der Waals surface area contributed by atoms with Gasteiger partial charge in [0.15, 0.2) is 0 Å². The third kappa shape index (κ3) is 3.27. The van der Waals surface area contributed by atoms with Gasteiger partial charge >= 0.3 is 6.18 Å². The molecule has 0 saturated carbocycles. The number of hydrogen-bond donors (Lipinski definition) is 2. The van der Waals surface area contributed by atoms with E-state index in [0.717, 1.165) is 6.07 Å². The summed E-state index contributed by atoms with van der Waals surface area (Å²) in [5.74, 6) is 0. The van der Waals surface area contributed by atoms with Crippen LogP contribution in [0.5, 0.6) is 0 Å². The maximum absolute atomic E-state index is 12.4. The highest BCUT2D eigenvalue weighted by Gasteiger charge is 2.32. The Morgan fingerprint density at radius 2 is 2.00 bits per heavy atom. The van der Waals surface area contributed by atoms with Gasteiger partial charge in [-0.05, 0) is 24.1 Å². The van der Waals surface area contributed by atoms with E-state index >= 15 is 0 Å². The molecular weight excluding hydrogens is 219 g/mol. The molecule has 16 heavy (non-hydrogen) atoms. The van der Waals surface area contributed by atoms with E-state index in [2.05, 4.69) is 0 Å². The molecule has 0 aromatic heterocycles. The number of halogens is 3. The van der Waals surface area contributed by atoms with Crippen LogP contribution in [0.3, 0.4) is 0 Å². The molecule has 0 saturated heterocycles. The third-order valence-corrected chi connectivity index (χ3v) is 1.99. The molecule has 0 atom stereocenters. The van der Waals surface area contributed by atoms with Crippen LogP contribution < -0.4 is 5.73 Å². The molecule has 0 aliphatic carbocycles. The first-order valence-electron chi connectivity index (χ1n) is 4.69. The van der Waals surface area contributed by atoms with Crippen LogP contribution in [0.25, 0.3) is 6.08 Å². The highest BCUT2D eigenvalue weighted by atomic mass is 19.4. The lowest BCUT2D eigenvalue weighted by molar-refractivity contribution is -0.136. The number of aliphatic hydroxyl groups is 1. The van der Waals surface area contributed by atoms with E-state index in [1.807, 2.05) is 0 Å². The summed E-state index contributed by atoms with van der Waals surface area (Å²) >= 11 is 0. The summed E-state index contributed by atoms with van der Waals surface area (Å²) in [5.41, 5.74) is 4.77. The highest BCUT2D eigenvalue weighted by Crippen LogP contribution is 2.33. The summed E-state index contributed by atoms with van der Waals surface area (Å²) in [5, 5.41) is 8.52. The maximum Gasteiger partial charge on any atom is 0.418 e. The van der Waals surface area contributed by atoms with Gasteiger partial charge in [-0.25, -0.2) is 0 Å². The van der Waals surface area contributed by atoms with E-state index in [0.29, 0.717) is 12.0 Å². The number of benzene rings is 1. The fourth-order valence-corrected chi connectivity index (χ4v) is 1.24. The van der Waals surface area contributed by atoms with Crippen LogP contribution >= 0.6 is 0 Å². The second-order valence-corrected chi connectivity index (χ2v) is 3.26. The Morgan fingerprint density at radius 1 is 1.31 bits per heavy atom. The monoisotopic (exact) mass is 231 g/mol. The average molecular weight is 231 g/mol. The Morgan fingerprint density at radius 3 is 2.50 bits per heavy atom. The molecule has 1 rings (SSSR count). The van der Waals surface area contributed by atoms with Gasteiger partial charge < -0.3 is 10.8 Å². The van der Waals surface area contributed by atoms with E-state index in [-0.39, 0.29) is 12.3 Å². The fraction of sp³-hybridized carbons (Fsp3) is 0.273. The van der Waals surface area contributed by atoms with E-state index in [9.17, 15) is 13.2 Å². The Bertz CT molecular complexity index is 385. The minimum Gasteiger partial charge on any atom is -0.398 e. The Labute approximate surface area is 91.2 Å². The normalized spacial score (nSPS) is 12.2. The summed E-state index contributed by atoms with van der Waals surface area (Å²) in [6.07, 6.45) is -0.673. The summed E-state index contributed by atoms with van der Waals surface area (Å²) in [4.78, 5) is 0. The molecule has 1 aromatic carbocycles. The molecule has 0 unspecified atom stereocenters. The SMILES string of the molecule is Nc1cc(C=CCCO)ccc1C(F)(F)F. The van der Waals surface area contributed by atoms with Gasteiger partial charge in [-0.1, -0.05) is 18.2 Å². The van der Waals surface area contributed by atoms with Crippen LogP contribution in [0.1, 0.15) is 17.5 Å². The first-order chi connectivity index (χ1) is 7.45. The quantitative estimate of drug-likeness (QED) is 0.785. The van der Waals surface area contributed by atoms with Crippen LogP contribution in [0.15, 0.2) is 24.3 Å². The van der Waals surface area contributed by atoms with Gasteiger partial charge in [-0.3, -0.25) is 0 Å². The first kappa shape index (κ1) is 12.6. The van der Waals surface area contributed by atoms with Crippen molar-refractivity contribution in [1.29, 1.82) is 0 Å². The minimum atomic E-state index is -4.42. The van der Waals surface area contributed by atoms with Gasteiger partial charge in [0.1, 0.15) is 0 Å². The Hall–Kier alpha value is -1.49. The molecule has 3 N–H and O–H groups in total. The Kier molecular flexibility index (Phi) is 3.95. The smallest absolute Gasteiger partial charge is 0.398 e. The van der Waals surface area contributed by atoms with Gasteiger partial charge in [-0.2, -0.15) is 13.2 Å². The van der Waals surface area contributed by atoms with E-state index in [1.165, 1.54) is 12.1 Å². The molecular formula is C11H12F3NO. The number of rotatable bonds is 3. The molecule has 0 fully saturated rings. The molecule has 1 aromatic rings. The Balaban J connectivity index is 2.91. The second kappa shape index (κ2) is 5.03. The number of nitrogen functional groups attached to an aromatic ring is 1. The number of aliphatic hydroxyl groups excluding tert-OH is 1. The minimum absolute atomic E-state index is 0.00656. The van der Waals surface area contributed by atoms with Crippen molar-refractivity contribution in [3.8, 4) is 0 Å². The van der Waals surface area contributed by atoms with Crippen LogP contribution in [0.4, 0.5) is 18.9 Å². The molecule has 88 valence electrons.